The summed E-state index contributed by atoms with van der Waals surface area (Å²) in [5.41, 5.74) is 0.900. The minimum absolute atomic E-state index is 0.185. The van der Waals surface area contributed by atoms with Gasteiger partial charge in [0.25, 0.3) is 0 Å². The second-order valence-electron chi connectivity index (χ2n) is 3.22. The minimum Gasteiger partial charge on any atom is -0.274 e. The van der Waals surface area contributed by atoms with Crippen LogP contribution in [0.2, 0.25) is 0 Å². The molecule has 0 aliphatic carbocycles. The number of hydrogen-bond donors (Lipinski definition) is 2. The Morgan fingerprint density at radius 1 is 1.14 bits per heavy atom. The number of imide groups is 1. The van der Waals surface area contributed by atoms with Gasteiger partial charge in [0.2, 0.25) is 5.91 Å². The first-order chi connectivity index (χ1) is 6.77. The van der Waals surface area contributed by atoms with Crippen LogP contribution < -0.4 is 10.2 Å². The lowest BCUT2D eigenvalue weighted by Gasteiger charge is -2.20. The highest BCUT2D eigenvalue weighted by atomic mass is 16.2. The fourth-order valence-corrected chi connectivity index (χ4v) is 1.53. The fourth-order valence-electron chi connectivity index (χ4n) is 1.53. The summed E-state index contributed by atoms with van der Waals surface area (Å²) in [5.74, 6) is -0.185. The highest BCUT2D eigenvalue weighted by molar-refractivity contribution is 5.92. The van der Waals surface area contributed by atoms with Gasteiger partial charge in [0.15, 0.2) is 0 Å². The van der Waals surface area contributed by atoms with E-state index in [-0.39, 0.29) is 11.9 Å². The molecule has 0 aromatic heterocycles. The Kier molecular flexibility index (Phi) is 2.28. The van der Waals surface area contributed by atoms with Crippen molar-refractivity contribution >= 4 is 17.6 Å². The predicted molar refractivity (Wildman–Crippen MR) is 50.1 cm³/mol. The van der Waals surface area contributed by atoms with E-state index in [1.165, 1.54) is 0 Å². The third-order valence-corrected chi connectivity index (χ3v) is 2.25. The summed E-state index contributed by atoms with van der Waals surface area (Å²) in [6, 6.07) is 9.16. The molecule has 2 rings (SSSR count). The van der Waals surface area contributed by atoms with Crippen molar-refractivity contribution < 1.29 is 14.5 Å². The molecule has 1 atom stereocenters. The van der Waals surface area contributed by atoms with Crippen LogP contribution in [0.3, 0.4) is 0 Å². The van der Waals surface area contributed by atoms with E-state index in [9.17, 15) is 9.59 Å². The van der Waals surface area contributed by atoms with E-state index in [2.05, 4.69) is 5.32 Å². The third kappa shape index (κ3) is 1.65. The second-order valence-corrected chi connectivity index (χ2v) is 3.22. The molecule has 1 fully saturated rings. The van der Waals surface area contributed by atoms with Crippen molar-refractivity contribution in [2.45, 2.75) is 6.42 Å². The van der Waals surface area contributed by atoms with Crippen molar-refractivity contribution in [3.8, 4) is 0 Å². The first-order valence-electron chi connectivity index (χ1n) is 4.53. The van der Waals surface area contributed by atoms with Crippen LogP contribution in [0.5, 0.6) is 0 Å². The Morgan fingerprint density at radius 2 is 1.86 bits per heavy atom. The number of nitrogens with one attached hydrogen (secondary N) is 2. The van der Waals surface area contributed by atoms with Gasteiger partial charge < -0.3 is 0 Å². The minimum atomic E-state index is -0.257. The molecule has 0 saturated carbocycles. The van der Waals surface area contributed by atoms with E-state index in [4.69, 9.17) is 0 Å². The lowest BCUT2D eigenvalue weighted by molar-refractivity contribution is -0.744. The van der Waals surface area contributed by atoms with Gasteiger partial charge in [-0.3, -0.25) is 4.79 Å². The summed E-state index contributed by atoms with van der Waals surface area (Å²) in [6.07, 6.45) is 0.399. The van der Waals surface area contributed by atoms with E-state index in [1.807, 2.05) is 30.3 Å². The molecule has 1 aromatic rings. The normalized spacial score (nSPS) is 21.9. The maximum Gasteiger partial charge on any atom is 0.426 e. The Hall–Kier alpha value is -1.68. The summed E-state index contributed by atoms with van der Waals surface area (Å²) in [7, 11) is 0. The largest absolute Gasteiger partial charge is 0.426 e. The van der Waals surface area contributed by atoms with E-state index in [1.54, 1.807) is 0 Å². The van der Waals surface area contributed by atoms with Crippen LogP contribution in [0.4, 0.5) is 10.5 Å². The van der Waals surface area contributed by atoms with Gasteiger partial charge in [-0.05, 0) is 12.1 Å². The van der Waals surface area contributed by atoms with Gasteiger partial charge in [-0.15, -0.1) is 0 Å². The van der Waals surface area contributed by atoms with Gasteiger partial charge in [0, 0.05) is 0 Å². The zero-order chi connectivity index (χ0) is 9.97. The van der Waals surface area contributed by atoms with Crippen LogP contribution in [-0.4, -0.2) is 18.5 Å². The smallest absolute Gasteiger partial charge is 0.274 e. The molecule has 1 aliphatic rings. The highest BCUT2D eigenvalue weighted by Gasteiger charge is 2.29. The maximum absolute atomic E-state index is 11.4. The van der Waals surface area contributed by atoms with Crippen molar-refractivity contribution in [1.29, 1.82) is 0 Å². The number of benzene rings is 1. The van der Waals surface area contributed by atoms with E-state index < -0.39 is 0 Å². The monoisotopic (exact) mass is 191 g/mol. The summed E-state index contributed by atoms with van der Waals surface area (Å²) >= 11 is 0. The van der Waals surface area contributed by atoms with E-state index in [0.717, 1.165) is 5.69 Å². The molecule has 1 heterocycles. The molecular weight excluding hydrogens is 180 g/mol. The van der Waals surface area contributed by atoms with E-state index >= 15 is 0 Å². The molecule has 1 aromatic carbocycles. The average molecular weight is 191 g/mol. The zero-order valence-corrected chi connectivity index (χ0v) is 7.62. The van der Waals surface area contributed by atoms with Crippen LogP contribution in [0.25, 0.3) is 0 Å². The molecule has 72 valence electrons. The summed E-state index contributed by atoms with van der Waals surface area (Å²) < 4.78 is 0. The number of amides is 3. The van der Waals surface area contributed by atoms with Gasteiger partial charge >= 0.3 is 6.03 Å². The molecule has 0 radical (unpaired) electrons. The first kappa shape index (κ1) is 8.90. The molecule has 2 N–H and O–H groups in total. The quantitative estimate of drug-likeness (QED) is 0.648. The van der Waals surface area contributed by atoms with Crippen LogP contribution in [0.1, 0.15) is 6.42 Å². The molecule has 1 aliphatic heterocycles. The number of hydrogen-bond acceptors (Lipinski definition) is 2. The fraction of sp³-hybridized carbons (Fsp3) is 0.200. The van der Waals surface area contributed by atoms with Crippen molar-refractivity contribution in [3.05, 3.63) is 30.3 Å². The van der Waals surface area contributed by atoms with Gasteiger partial charge in [-0.2, -0.15) is 0 Å². The number of para-hydroxylation sites is 1. The molecule has 1 unspecified atom stereocenters. The average Bonchev–Trinajstić information content (AvgIpc) is 2.19. The summed E-state index contributed by atoms with van der Waals surface area (Å²) in [5, 5.41) is 2.31. The highest BCUT2D eigenvalue weighted by Crippen LogP contribution is 1.99. The molecule has 4 heteroatoms. The van der Waals surface area contributed by atoms with Gasteiger partial charge in [0.1, 0.15) is 5.69 Å². The first-order valence-corrected chi connectivity index (χ1v) is 4.53. The number of quaternary nitrogens is 1. The van der Waals surface area contributed by atoms with E-state index in [0.29, 0.717) is 17.9 Å². The van der Waals surface area contributed by atoms with Crippen LogP contribution in [0.15, 0.2) is 30.3 Å². The second kappa shape index (κ2) is 3.59. The Bertz CT molecular complexity index is 362. The lowest BCUT2D eigenvalue weighted by atomic mass is 10.2. The Labute approximate surface area is 81.5 Å². The molecule has 1 saturated heterocycles. The number of carbonyl (C=O) groups is 2. The van der Waals surface area contributed by atoms with Crippen LogP contribution in [-0.2, 0) is 4.79 Å². The topological polar surface area (TPSA) is 50.6 Å². The van der Waals surface area contributed by atoms with Gasteiger partial charge in [0.05, 0.1) is 13.0 Å². The standard InChI is InChI=1S/C10H10N2O2/c13-9-6-7-12(10(14)11-9)8-4-2-1-3-5-8/h1-5H,6-7H2,(H,11,13,14)/p+1. The molecule has 4 nitrogen and oxygen atoms in total. The number of rotatable bonds is 1. The summed E-state index contributed by atoms with van der Waals surface area (Å²) in [4.78, 5) is 23.0. The van der Waals surface area contributed by atoms with Gasteiger partial charge in [-0.1, -0.05) is 18.2 Å². The van der Waals surface area contributed by atoms with Crippen LogP contribution in [0, 0.1) is 0 Å². The maximum atomic E-state index is 11.4. The summed E-state index contributed by atoms with van der Waals surface area (Å²) in [6.45, 7) is 0.536. The van der Waals surface area contributed by atoms with Crippen molar-refractivity contribution in [1.82, 2.24) is 5.32 Å². The Balaban J connectivity index is 2.20. The molecule has 0 bridgehead atoms. The predicted octanol–water partition coefficient (Wildman–Crippen LogP) is -0.157. The van der Waals surface area contributed by atoms with Crippen molar-refractivity contribution in [3.63, 3.8) is 0 Å². The molecule has 0 spiro atoms. The third-order valence-electron chi connectivity index (χ3n) is 2.25. The lowest BCUT2D eigenvalue weighted by Crippen LogP contribution is -3.13. The SMILES string of the molecule is O=C1CC[NH+](c2ccccc2)C(=O)N1. The molecule has 3 amide bonds. The Morgan fingerprint density at radius 3 is 2.50 bits per heavy atom. The zero-order valence-electron chi connectivity index (χ0n) is 7.62. The number of urea groups is 1. The van der Waals surface area contributed by atoms with Crippen molar-refractivity contribution in [2.24, 2.45) is 0 Å². The van der Waals surface area contributed by atoms with Crippen LogP contribution >= 0.6 is 0 Å². The van der Waals surface area contributed by atoms with Crippen molar-refractivity contribution in [2.75, 3.05) is 6.54 Å². The molecular formula is C10H11N2O2+. The number of carbonyl (C=O) groups excluding carboxylic acids is 2. The molecule has 14 heavy (non-hydrogen) atoms. The van der Waals surface area contributed by atoms with Gasteiger partial charge in [-0.25, -0.2) is 15.0 Å².